The Morgan fingerprint density at radius 3 is 1.22 bits per heavy atom. The van der Waals surface area contributed by atoms with Crippen LogP contribution in [0.4, 0.5) is 0 Å². The standard InChI is InChI=1S/C34H38O3/c1-27(13-15-29-17-21-33(22-18-29)35-25-31-9-5-3-6-10-31)37-28(2)14-16-30-19-23-34(24-20-30)36-26-32-11-7-4-8-12-32/h3-12,17-24,27-28H,13-16,25-26H2,1-2H3. The molecule has 0 aromatic heterocycles. The molecule has 2 atom stereocenters. The van der Waals surface area contributed by atoms with Gasteiger partial charge < -0.3 is 14.2 Å². The van der Waals surface area contributed by atoms with Crippen molar-refractivity contribution in [1.82, 2.24) is 0 Å². The van der Waals surface area contributed by atoms with Crippen LogP contribution in [-0.2, 0) is 30.8 Å². The molecule has 4 rings (SSSR count). The molecule has 0 N–H and O–H groups in total. The van der Waals surface area contributed by atoms with Gasteiger partial charge in [-0.05, 0) is 86.1 Å². The largest absolute Gasteiger partial charge is 0.489 e. The van der Waals surface area contributed by atoms with E-state index < -0.39 is 0 Å². The number of benzene rings is 4. The molecule has 0 aliphatic carbocycles. The summed E-state index contributed by atoms with van der Waals surface area (Å²) in [5.41, 5.74) is 4.97. The Hall–Kier alpha value is -3.56. The maximum absolute atomic E-state index is 6.27. The molecule has 0 aliphatic rings. The molecule has 0 heterocycles. The van der Waals surface area contributed by atoms with Crippen molar-refractivity contribution in [2.24, 2.45) is 0 Å². The average Bonchev–Trinajstić information content (AvgIpc) is 2.95. The lowest BCUT2D eigenvalue weighted by molar-refractivity contribution is 0.000477. The fourth-order valence-electron chi connectivity index (χ4n) is 4.26. The lowest BCUT2D eigenvalue weighted by atomic mass is 10.1. The summed E-state index contributed by atoms with van der Waals surface area (Å²) >= 11 is 0. The van der Waals surface area contributed by atoms with Gasteiger partial charge in [0.1, 0.15) is 24.7 Å². The number of ether oxygens (including phenoxy) is 3. The zero-order valence-corrected chi connectivity index (χ0v) is 22.0. The van der Waals surface area contributed by atoms with Gasteiger partial charge in [0.2, 0.25) is 0 Å². The number of rotatable bonds is 14. The van der Waals surface area contributed by atoms with E-state index in [9.17, 15) is 0 Å². The maximum Gasteiger partial charge on any atom is 0.119 e. The summed E-state index contributed by atoms with van der Waals surface area (Å²) in [6.07, 6.45) is 4.44. The second-order valence-electron chi connectivity index (χ2n) is 9.67. The zero-order valence-electron chi connectivity index (χ0n) is 22.0. The van der Waals surface area contributed by atoms with E-state index in [2.05, 4.69) is 86.6 Å². The molecule has 2 unspecified atom stereocenters. The molecule has 37 heavy (non-hydrogen) atoms. The summed E-state index contributed by atoms with van der Waals surface area (Å²) in [6.45, 7) is 5.53. The molecule has 3 nitrogen and oxygen atoms in total. The van der Waals surface area contributed by atoms with Gasteiger partial charge in [-0.25, -0.2) is 0 Å². The molecular formula is C34H38O3. The molecule has 192 valence electrons. The van der Waals surface area contributed by atoms with E-state index in [4.69, 9.17) is 14.2 Å². The Kier molecular flexibility index (Phi) is 10.2. The lowest BCUT2D eigenvalue weighted by Gasteiger charge is -2.19. The first-order chi connectivity index (χ1) is 18.1. The van der Waals surface area contributed by atoms with Crippen molar-refractivity contribution in [2.75, 3.05) is 0 Å². The molecule has 0 bridgehead atoms. The molecular weight excluding hydrogens is 456 g/mol. The van der Waals surface area contributed by atoms with Crippen molar-refractivity contribution < 1.29 is 14.2 Å². The van der Waals surface area contributed by atoms with E-state index in [1.165, 1.54) is 22.3 Å². The van der Waals surface area contributed by atoms with Crippen LogP contribution < -0.4 is 9.47 Å². The van der Waals surface area contributed by atoms with Crippen LogP contribution in [-0.4, -0.2) is 12.2 Å². The Morgan fingerprint density at radius 1 is 0.459 bits per heavy atom. The van der Waals surface area contributed by atoms with Crippen molar-refractivity contribution in [1.29, 1.82) is 0 Å². The third kappa shape index (κ3) is 9.44. The zero-order chi connectivity index (χ0) is 25.7. The molecule has 4 aromatic carbocycles. The van der Waals surface area contributed by atoms with Crippen molar-refractivity contribution in [3.8, 4) is 11.5 Å². The van der Waals surface area contributed by atoms with Crippen molar-refractivity contribution in [2.45, 2.75) is 65.0 Å². The van der Waals surface area contributed by atoms with Crippen LogP contribution in [0, 0.1) is 0 Å². The summed E-state index contributed by atoms with van der Waals surface area (Å²) in [4.78, 5) is 0. The van der Waals surface area contributed by atoms with Gasteiger partial charge >= 0.3 is 0 Å². The number of aryl methyl sites for hydroxylation is 2. The predicted molar refractivity (Wildman–Crippen MR) is 151 cm³/mol. The van der Waals surface area contributed by atoms with Crippen LogP contribution in [0.2, 0.25) is 0 Å². The second-order valence-corrected chi connectivity index (χ2v) is 9.67. The van der Waals surface area contributed by atoms with Gasteiger partial charge in [-0.1, -0.05) is 84.9 Å². The fraction of sp³-hybridized carbons (Fsp3) is 0.294. The van der Waals surface area contributed by atoms with Crippen LogP contribution in [0.25, 0.3) is 0 Å². The van der Waals surface area contributed by atoms with Crippen LogP contribution in [0.1, 0.15) is 48.9 Å². The van der Waals surface area contributed by atoms with Gasteiger partial charge in [0.15, 0.2) is 0 Å². The Bertz CT molecular complexity index is 1060. The highest BCUT2D eigenvalue weighted by Crippen LogP contribution is 2.19. The summed E-state index contributed by atoms with van der Waals surface area (Å²) in [7, 11) is 0. The lowest BCUT2D eigenvalue weighted by Crippen LogP contribution is -2.18. The third-order valence-corrected chi connectivity index (χ3v) is 6.49. The van der Waals surface area contributed by atoms with Crippen molar-refractivity contribution in [3.05, 3.63) is 131 Å². The smallest absolute Gasteiger partial charge is 0.119 e. The van der Waals surface area contributed by atoms with Crippen LogP contribution in [0.3, 0.4) is 0 Å². The van der Waals surface area contributed by atoms with Crippen LogP contribution >= 0.6 is 0 Å². The third-order valence-electron chi connectivity index (χ3n) is 6.49. The Morgan fingerprint density at radius 2 is 0.838 bits per heavy atom. The molecule has 0 saturated heterocycles. The molecule has 0 fully saturated rings. The summed E-state index contributed by atoms with van der Waals surface area (Å²) in [5.74, 6) is 1.81. The normalized spacial score (nSPS) is 12.6. The second kappa shape index (κ2) is 14.2. The first-order valence-corrected chi connectivity index (χ1v) is 13.3. The molecule has 0 amide bonds. The summed E-state index contributed by atoms with van der Waals surface area (Å²) < 4.78 is 18.1. The minimum atomic E-state index is 0.220. The molecule has 0 aliphatic heterocycles. The van der Waals surface area contributed by atoms with E-state index in [0.717, 1.165) is 37.2 Å². The van der Waals surface area contributed by atoms with Gasteiger partial charge in [-0.3, -0.25) is 0 Å². The highest BCUT2D eigenvalue weighted by molar-refractivity contribution is 5.29. The first kappa shape index (κ1) is 26.5. The van der Waals surface area contributed by atoms with E-state index in [1.54, 1.807) is 0 Å². The SMILES string of the molecule is CC(CCc1ccc(OCc2ccccc2)cc1)OC(C)CCc1ccc(OCc2ccccc2)cc1. The molecule has 0 radical (unpaired) electrons. The van der Waals surface area contributed by atoms with E-state index >= 15 is 0 Å². The minimum Gasteiger partial charge on any atom is -0.489 e. The minimum absolute atomic E-state index is 0.220. The van der Waals surface area contributed by atoms with Crippen LogP contribution in [0.5, 0.6) is 11.5 Å². The monoisotopic (exact) mass is 494 g/mol. The molecule has 0 saturated carbocycles. The van der Waals surface area contributed by atoms with Gasteiger partial charge in [-0.15, -0.1) is 0 Å². The molecule has 0 spiro atoms. The fourth-order valence-corrected chi connectivity index (χ4v) is 4.26. The number of hydrogen-bond acceptors (Lipinski definition) is 3. The van der Waals surface area contributed by atoms with Crippen molar-refractivity contribution >= 4 is 0 Å². The highest BCUT2D eigenvalue weighted by Gasteiger charge is 2.10. The first-order valence-electron chi connectivity index (χ1n) is 13.3. The van der Waals surface area contributed by atoms with E-state index in [1.807, 2.05) is 36.4 Å². The van der Waals surface area contributed by atoms with Crippen LogP contribution in [0.15, 0.2) is 109 Å². The maximum atomic E-state index is 6.27. The van der Waals surface area contributed by atoms with E-state index in [0.29, 0.717) is 13.2 Å². The van der Waals surface area contributed by atoms with Crippen molar-refractivity contribution in [3.63, 3.8) is 0 Å². The topological polar surface area (TPSA) is 27.7 Å². The predicted octanol–water partition coefficient (Wildman–Crippen LogP) is 8.20. The molecule has 4 aromatic rings. The van der Waals surface area contributed by atoms with Gasteiger partial charge in [0.05, 0.1) is 12.2 Å². The summed E-state index contributed by atoms with van der Waals surface area (Å²) in [6, 6.07) is 37.4. The van der Waals surface area contributed by atoms with Gasteiger partial charge in [-0.2, -0.15) is 0 Å². The van der Waals surface area contributed by atoms with Gasteiger partial charge in [0, 0.05) is 0 Å². The quantitative estimate of drug-likeness (QED) is 0.177. The highest BCUT2D eigenvalue weighted by atomic mass is 16.5. The van der Waals surface area contributed by atoms with E-state index in [-0.39, 0.29) is 12.2 Å². The Balaban J connectivity index is 1.11. The van der Waals surface area contributed by atoms with Gasteiger partial charge in [0.25, 0.3) is 0 Å². The number of hydrogen-bond donors (Lipinski definition) is 0. The molecule has 3 heteroatoms. The average molecular weight is 495 g/mol. The Labute approximate surface area is 222 Å². The summed E-state index contributed by atoms with van der Waals surface area (Å²) in [5, 5.41) is 0.